The number of aryl methyl sites for hydroxylation is 2. The average molecular weight is 324 g/mol. The summed E-state index contributed by atoms with van der Waals surface area (Å²) in [6.07, 6.45) is -0.716. The molecule has 0 aliphatic heterocycles. The number of aliphatic hydroxyl groups excluding tert-OH is 1. The molecule has 0 spiro atoms. The Bertz CT molecular complexity index is 643. The topological polar surface area (TPSA) is 46.2 Å². The van der Waals surface area contributed by atoms with Crippen LogP contribution in [-0.4, -0.2) is 11.7 Å². The Hall–Kier alpha value is -1.06. The van der Waals surface area contributed by atoms with Gasteiger partial charge in [-0.25, -0.2) is 0 Å². The molecule has 0 bridgehead atoms. The first-order valence-electron chi connectivity index (χ1n) is 6.84. The van der Waals surface area contributed by atoms with Crippen molar-refractivity contribution in [1.29, 1.82) is 0 Å². The van der Waals surface area contributed by atoms with Crippen molar-refractivity contribution in [1.82, 2.24) is 0 Å². The van der Waals surface area contributed by atoms with Crippen LogP contribution in [0, 0.1) is 13.8 Å². The Labute approximate surface area is 135 Å². The maximum absolute atomic E-state index is 10.6. The monoisotopic (exact) mass is 323 g/mol. The third-order valence-electron chi connectivity index (χ3n) is 3.88. The lowest BCUT2D eigenvalue weighted by Crippen LogP contribution is -2.20. The molecule has 2 rings (SSSR count). The van der Waals surface area contributed by atoms with Gasteiger partial charge in [0.15, 0.2) is 0 Å². The second-order valence-electron chi connectivity index (χ2n) is 5.30. The lowest BCUT2D eigenvalue weighted by Gasteiger charge is -2.23. The molecule has 0 aliphatic carbocycles. The molecule has 3 N–H and O–H groups in total. The molecule has 2 aromatic carbocycles. The zero-order valence-electron chi connectivity index (χ0n) is 12.1. The van der Waals surface area contributed by atoms with E-state index in [1.54, 1.807) is 18.2 Å². The number of aliphatic hydroxyl groups is 1. The quantitative estimate of drug-likeness (QED) is 0.876. The Morgan fingerprint density at radius 1 is 0.952 bits per heavy atom. The van der Waals surface area contributed by atoms with Crippen LogP contribution in [0.3, 0.4) is 0 Å². The van der Waals surface area contributed by atoms with E-state index in [-0.39, 0.29) is 5.92 Å². The van der Waals surface area contributed by atoms with E-state index in [2.05, 4.69) is 26.0 Å². The second-order valence-corrected chi connectivity index (χ2v) is 6.12. The molecule has 0 aliphatic rings. The minimum Gasteiger partial charge on any atom is -0.388 e. The molecule has 2 nitrogen and oxygen atoms in total. The van der Waals surface area contributed by atoms with Gasteiger partial charge in [0.1, 0.15) is 0 Å². The molecule has 0 fully saturated rings. The van der Waals surface area contributed by atoms with Crippen LogP contribution in [0.1, 0.15) is 34.3 Å². The predicted molar refractivity (Wildman–Crippen MR) is 89.1 cm³/mol. The molecule has 112 valence electrons. The molecule has 2 aromatic rings. The Balaban J connectivity index is 2.35. The van der Waals surface area contributed by atoms with Crippen molar-refractivity contribution >= 4 is 23.2 Å². The normalized spacial score (nSPS) is 14.0. The number of hydrogen-bond donors (Lipinski definition) is 2. The minimum atomic E-state index is -0.716. The first kappa shape index (κ1) is 16.3. The SMILES string of the molecule is Cc1ccc(C(CN)C(O)c2ccc(Cl)c(Cl)c2)cc1C. The fraction of sp³-hybridized carbons (Fsp3) is 0.294. The average Bonchev–Trinajstić information content (AvgIpc) is 2.46. The molecule has 0 saturated heterocycles. The lowest BCUT2D eigenvalue weighted by atomic mass is 9.88. The summed E-state index contributed by atoms with van der Waals surface area (Å²) in [5.41, 5.74) is 10.0. The highest BCUT2D eigenvalue weighted by molar-refractivity contribution is 6.42. The standard InChI is InChI=1S/C17H19Cl2NO/c1-10-3-4-12(7-11(10)2)14(9-20)17(21)13-5-6-15(18)16(19)8-13/h3-8,14,17,21H,9,20H2,1-2H3. The third kappa shape index (κ3) is 3.58. The summed E-state index contributed by atoms with van der Waals surface area (Å²) in [6.45, 7) is 4.47. The number of halogens is 2. The van der Waals surface area contributed by atoms with Crippen molar-refractivity contribution in [2.45, 2.75) is 25.9 Å². The van der Waals surface area contributed by atoms with Crippen LogP contribution in [0.4, 0.5) is 0 Å². The van der Waals surface area contributed by atoms with Crippen molar-refractivity contribution in [3.63, 3.8) is 0 Å². The molecule has 21 heavy (non-hydrogen) atoms. The maximum Gasteiger partial charge on any atom is 0.0871 e. The number of nitrogens with two attached hydrogens (primary N) is 1. The van der Waals surface area contributed by atoms with Gasteiger partial charge in [-0.05, 0) is 48.2 Å². The van der Waals surface area contributed by atoms with E-state index in [1.165, 1.54) is 11.1 Å². The number of hydrogen-bond acceptors (Lipinski definition) is 2. The molecule has 0 heterocycles. The van der Waals surface area contributed by atoms with Crippen LogP contribution in [-0.2, 0) is 0 Å². The molecule has 0 radical (unpaired) electrons. The van der Waals surface area contributed by atoms with Crippen molar-refractivity contribution in [2.75, 3.05) is 6.54 Å². The van der Waals surface area contributed by atoms with Gasteiger partial charge >= 0.3 is 0 Å². The minimum absolute atomic E-state index is 0.179. The lowest BCUT2D eigenvalue weighted by molar-refractivity contribution is 0.147. The predicted octanol–water partition coefficient (Wildman–Crippen LogP) is 4.39. The second kappa shape index (κ2) is 6.80. The van der Waals surface area contributed by atoms with Gasteiger partial charge in [0.25, 0.3) is 0 Å². The van der Waals surface area contributed by atoms with Crippen molar-refractivity contribution in [3.05, 3.63) is 68.7 Å². The Morgan fingerprint density at radius 3 is 2.19 bits per heavy atom. The first-order valence-corrected chi connectivity index (χ1v) is 7.60. The van der Waals surface area contributed by atoms with Crippen LogP contribution in [0.2, 0.25) is 10.0 Å². The van der Waals surface area contributed by atoms with Gasteiger partial charge in [0.2, 0.25) is 0 Å². The van der Waals surface area contributed by atoms with E-state index in [1.807, 2.05) is 6.07 Å². The van der Waals surface area contributed by atoms with E-state index < -0.39 is 6.10 Å². The van der Waals surface area contributed by atoms with Gasteiger partial charge in [-0.2, -0.15) is 0 Å². The zero-order chi connectivity index (χ0) is 15.6. The Morgan fingerprint density at radius 2 is 1.62 bits per heavy atom. The van der Waals surface area contributed by atoms with Crippen molar-refractivity contribution < 1.29 is 5.11 Å². The molecular weight excluding hydrogens is 305 g/mol. The summed E-state index contributed by atoms with van der Waals surface area (Å²) in [7, 11) is 0. The van der Waals surface area contributed by atoms with Gasteiger partial charge in [0.05, 0.1) is 16.1 Å². The summed E-state index contributed by atoms with van der Waals surface area (Å²) < 4.78 is 0. The highest BCUT2D eigenvalue weighted by Crippen LogP contribution is 2.34. The van der Waals surface area contributed by atoms with E-state index in [4.69, 9.17) is 28.9 Å². The number of benzene rings is 2. The highest BCUT2D eigenvalue weighted by atomic mass is 35.5. The molecule has 2 atom stereocenters. The van der Waals surface area contributed by atoms with Crippen molar-refractivity contribution in [3.8, 4) is 0 Å². The van der Waals surface area contributed by atoms with Gasteiger partial charge in [-0.1, -0.05) is 47.5 Å². The molecule has 2 unspecified atom stereocenters. The van der Waals surface area contributed by atoms with Crippen LogP contribution < -0.4 is 5.73 Å². The fourth-order valence-electron chi connectivity index (χ4n) is 2.37. The summed E-state index contributed by atoms with van der Waals surface area (Å²) >= 11 is 11.9. The van der Waals surface area contributed by atoms with E-state index in [0.717, 1.165) is 11.1 Å². The van der Waals surface area contributed by atoms with Gasteiger partial charge in [-0.15, -0.1) is 0 Å². The number of rotatable bonds is 4. The molecule has 0 amide bonds. The van der Waals surface area contributed by atoms with Gasteiger partial charge in [0, 0.05) is 12.5 Å². The van der Waals surface area contributed by atoms with E-state index in [9.17, 15) is 5.11 Å². The summed E-state index contributed by atoms with van der Waals surface area (Å²) in [5.74, 6) is -0.179. The van der Waals surface area contributed by atoms with Crippen LogP contribution in [0.5, 0.6) is 0 Å². The zero-order valence-corrected chi connectivity index (χ0v) is 13.6. The Kier molecular flexibility index (Phi) is 5.28. The largest absolute Gasteiger partial charge is 0.388 e. The molecule has 0 aromatic heterocycles. The van der Waals surface area contributed by atoms with Crippen LogP contribution >= 0.6 is 23.2 Å². The fourth-order valence-corrected chi connectivity index (χ4v) is 2.68. The van der Waals surface area contributed by atoms with E-state index in [0.29, 0.717) is 16.6 Å². The van der Waals surface area contributed by atoms with E-state index >= 15 is 0 Å². The van der Waals surface area contributed by atoms with Crippen LogP contribution in [0.15, 0.2) is 36.4 Å². The molecular formula is C17H19Cl2NO. The smallest absolute Gasteiger partial charge is 0.0871 e. The highest BCUT2D eigenvalue weighted by Gasteiger charge is 2.22. The van der Waals surface area contributed by atoms with Gasteiger partial charge < -0.3 is 10.8 Å². The van der Waals surface area contributed by atoms with Crippen LogP contribution in [0.25, 0.3) is 0 Å². The van der Waals surface area contributed by atoms with Crippen molar-refractivity contribution in [2.24, 2.45) is 5.73 Å². The molecule has 4 heteroatoms. The maximum atomic E-state index is 10.6. The third-order valence-corrected chi connectivity index (χ3v) is 4.62. The molecule has 0 saturated carbocycles. The van der Waals surface area contributed by atoms with Gasteiger partial charge in [-0.3, -0.25) is 0 Å². The summed E-state index contributed by atoms with van der Waals surface area (Å²) in [4.78, 5) is 0. The summed E-state index contributed by atoms with van der Waals surface area (Å²) in [5, 5.41) is 11.5. The summed E-state index contributed by atoms with van der Waals surface area (Å²) in [6, 6.07) is 11.3. The first-order chi connectivity index (χ1) is 9.93.